The van der Waals surface area contributed by atoms with Gasteiger partial charge in [0.25, 0.3) is 0 Å². The van der Waals surface area contributed by atoms with Crippen LogP contribution in [-0.4, -0.2) is 5.78 Å². The van der Waals surface area contributed by atoms with Crippen molar-refractivity contribution < 1.29 is 9.53 Å². The van der Waals surface area contributed by atoms with Gasteiger partial charge in [-0.1, -0.05) is 25.1 Å². The Morgan fingerprint density at radius 3 is 3.00 bits per heavy atom. The molecule has 0 radical (unpaired) electrons. The van der Waals surface area contributed by atoms with E-state index in [0.29, 0.717) is 12.2 Å². The third kappa shape index (κ3) is 1.55. The second kappa shape index (κ2) is 3.66. The summed E-state index contributed by atoms with van der Waals surface area (Å²) >= 11 is 0. The monoisotopic (exact) mass is 188 g/mol. The Morgan fingerprint density at radius 2 is 2.21 bits per heavy atom. The van der Waals surface area contributed by atoms with Crippen LogP contribution in [0.15, 0.2) is 36.1 Å². The van der Waals surface area contributed by atoms with E-state index >= 15 is 0 Å². The van der Waals surface area contributed by atoms with Gasteiger partial charge in [0.1, 0.15) is 5.75 Å². The van der Waals surface area contributed by atoms with Crippen LogP contribution >= 0.6 is 0 Å². The maximum atomic E-state index is 11.4. The largest absolute Gasteiger partial charge is 0.454 e. The molecular formula is C12H12O2. The fraction of sp³-hybridized carbons (Fsp3) is 0.250. The summed E-state index contributed by atoms with van der Waals surface area (Å²) in [5.74, 6) is 1.37. The normalized spacial score (nSPS) is 13.9. The summed E-state index contributed by atoms with van der Waals surface area (Å²) in [6.45, 7) is 1.84. The summed E-state index contributed by atoms with van der Waals surface area (Å²) in [6, 6.07) is 7.80. The number of carbonyl (C=O) groups is 1. The van der Waals surface area contributed by atoms with Crippen LogP contribution < -0.4 is 4.74 Å². The molecule has 0 aromatic heterocycles. The maximum Gasteiger partial charge on any atom is 0.197 e. The van der Waals surface area contributed by atoms with Gasteiger partial charge in [0, 0.05) is 6.42 Å². The van der Waals surface area contributed by atoms with Gasteiger partial charge in [-0.2, -0.15) is 0 Å². The van der Waals surface area contributed by atoms with E-state index in [2.05, 4.69) is 0 Å². The number of rotatable bonds is 2. The molecule has 14 heavy (non-hydrogen) atoms. The van der Waals surface area contributed by atoms with Gasteiger partial charge in [-0.05, 0) is 24.1 Å². The predicted octanol–water partition coefficient (Wildman–Crippen LogP) is 2.48. The number of Topliss-reactive ketones (excluding diaryl/α,β-unsaturated/α-hetero) is 1. The molecule has 0 atom stereocenters. The first kappa shape index (κ1) is 9.00. The smallest absolute Gasteiger partial charge is 0.197 e. The molecule has 0 unspecified atom stereocenters. The number of benzene rings is 1. The highest BCUT2D eigenvalue weighted by atomic mass is 16.5. The summed E-state index contributed by atoms with van der Waals surface area (Å²) in [4.78, 5) is 11.4. The van der Waals surface area contributed by atoms with E-state index in [1.165, 1.54) is 0 Å². The van der Waals surface area contributed by atoms with Crippen molar-refractivity contribution in [1.29, 1.82) is 0 Å². The second-order valence-corrected chi connectivity index (χ2v) is 3.26. The molecule has 0 bridgehead atoms. The lowest BCUT2D eigenvalue weighted by molar-refractivity contribution is -0.117. The van der Waals surface area contributed by atoms with E-state index in [1.54, 1.807) is 0 Å². The van der Waals surface area contributed by atoms with Crippen LogP contribution in [0.25, 0.3) is 0 Å². The molecule has 2 heteroatoms. The van der Waals surface area contributed by atoms with Crippen LogP contribution in [0.3, 0.4) is 0 Å². The standard InChI is InChI=1S/C12H12O2/c1-2-10(13)12-8-7-9-5-3-4-6-11(9)14-12/h3-6,8H,2,7H2,1H3. The molecule has 2 rings (SSSR count). The van der Waals surface area contributed by atoms with Gasteiger partial charge >= 0.3 is 0 Å². The third-order valence-electron chi connectivity index (χ3n) is 2.30. The number of ketones is 1. The number of para-hydroxylation sites is 1. The van der Waals surface area contributed by atoms with E-state index in [0.717, 1.165) is 17.7 Å². The van der Waals surface area contributed by atoms with E-state index in [4.69, 9.17) is 4.74 Å². The van der Waals surface area contributed by atoms with Gasteiger partial charge < -0.3 is 4.74 Å². The molecule has 1 aliphatic heterocycles. The highest BCUT2D eigenvalue weighted by Crippen LogP contribution is 2.26. The minimum Gasteiger partial charge on any atom is -0.454 e. The third-order valence-corrected chi connectivity index (χ3v) is 2.30. The summed E-state index contributed by atoms with van der Waals surface area (Å²) in [7, 11) is 0. The zero-order valence-corrected chi connectivity index (χ0v) is 8.12. The minimum atomic E-state index is 0.0690. The lowest BCUT2D eigenvalue weighted by atomic mass is 10.1. The van der Waals surface area contributed by atoms with E-state index < -0.39 is 0 Å². The molecule has 1 aromatic rings. The summed E-state index contributed by atoms with van der Waals surface area (Å²) in [5, 5.41) is 0. The highest BCUT2D eigenvalue weighted by molar-refractivity contribution is 5.93. The molecule has 1 heterocycles. The van der Waals surface area contributed by atoms with Crippen LogP contribution in [0.2, 0.25) is 0 Å². The maximum absolute atomic E-state index is 11.4. The van der Waals surface area contributed by atoms with Crippen LogP contribution in [0.5, 0.6) is 5.75 Å². The molecule has 0 amide bonds. The fourth-order valence-electron chi connectivity index (χ4n) is 1.48. The Balaban J connectivity index is 2.25. The molecule has 2 nitrogen and oxygen atoms in total. The number of allylic oxidation sites excluding steroid dienone is 2. The average molecular weight is 188 g/mol. The topological polar surface area (TPSA) is 26.3 Å². The number of hydrogen-bond acceptors (Lipinski definition) is 2. The van der Waals surface area contributed by atoms with Gasteiger partial charge in [-0.3, -0.25) is 4.79 Å². The molecule has 0 saturated heterocycles. The number of ether oxygens (including phenoxy) is 1. The van der Waals surface area contributed by atoms with Crippen molar-refractivity contribution in [3.63, 3.8) is 0 Å². The first-order chi connectivity index (χ1) is 6.81. The van der Waals surface area contributed by atoms with Crippen LogP contribution in [0, 0.1) is 0 Å². The quantitative estimate of drug-likeness (QED) is 0.712. The van der Waals surface area contributed by atoms with Gasteiger partial charge in [-0.15, -0.1) is 0 Å². The summed E-state index contributed by atoms with van der Waals surface area (Å²) < 4.78 is 5.50. The SMILES string of the molecule is CCC(=O)C1=CCc2ccccc2O1. The van der Waals surface area contributed by atoms with E-state index in [-0.39, 0.29) is 5.78 Å². The summed E-state index contributed by atoms with van der Waals surface area (Å²) in [6.07, 6.45) is 3.14. The van der Waals surface area contributed by atoms with Crippen molar-refractivity contribution in [2.75, 3.05) is 0 Å². The molecule has 0 N–H and O–H groups in total. The predicted molar refractivity (Wildman–Crippen MR) is 54.2 cm³/mol. The van der Waals surface area contributed by atoms with Crippen molar-refractivity contribution in [1.82, 2.24) is 0 Å². The molecular weight excluding hydrogens is 176 g/mol. The molecule has 0 saturated carbocycles. The summed E-state index contributed by atoms with van der Waals surface area (Å²) in [5.41, 5.74) is 1.14. The Hall–Kier alpha value is -1.57. The highest BCUT2D eigenvalue weighted by Gasteiger charge is 2.15. The zero-order chi connectivity index (χ0) is 9.97. The lowest BCUT2D eigenvalue weighted by Crippen LogP contribution is -2.12. The Kier molecular flexibility index (Phi) is 2.35. The number of carbonyl (C=O) groups excluding carboxylic acids is 1. The number of hydrogen-bond donors (Lipinski definition) is 0. The van der Waals surface area contributed by atoms with Gasteiger partial charge in [-0.25, -0.2) is 0 Å². The lowest BCUT2D eigenvalue weighted by Gasteiger charge is -2.16. The molecule has 1 aliphatic rings. The molecule has 1 aromatic carbocycles. The molecule has 0 fully saturated rings. The molecule has 72 valence electrons. The van der Waals surface area contributed by atoms with Crippen molar-refractivity contribution in [3.05, 3.63) is 41.7 Å². The van der Waals surface area contributed by atoms with Gasteiger partial charge in [0.15, 0.2) is 11.5 Å². The minimum absolute atomic E-state index is 0.0690. The first-order valence-corrected chi connectivity index (χ1v) is 4.80. The van der Waals surface area contributed by atoms with Gasteiger partial charge in [0.2, 0.25) is 0 Å². The van der Waals surface area contributed by atoms with Crippen LogP contribution in [0.4, 0.5) is 0 Å². The van der Waals surface area contributed by atoms with E-state index in [9.17, 15) is 4.79 Å². The Morgan fingerprint density at radius 1 is 1.43 bits per heavy atom. The first-order valence-electron chi connectivity index (χ1n) is 4.80. The second-order valence-electron chi connectivity index (χ2n) is 3.26. The van der Waals surface area contributed by atoms with Crippen molar-refractivity contribution in [2.24, 2.45) is 0 Å². The zero-order valence-electron chi connectivity index (χ0n) is 8.12. The van der Waals surface area contributed by atoms with Crippen LogP contribution in [0.1, 0.15) is 18.9 Å². The Labute approximate surface area is 83.2 Å². The van der Waals surface area contributed by atoms with Crippen molar-refractivity contribution in [3.8, 4) is 5.75 Å². The fourth-order valence-corrected chi connectivity index (χ4v) is 1.48. The van der Waals surface area contributed by atoms with Crippen molar-refractivity contribution >= 4 is 5.78 Å². The number of fused-ring (bicyclic) bond motifs is 1. The Bertz CT molecular complexity index is 391. The van der Waals surface area contributed by atoms with E-state index in [1.807, 2.05) is 37.3 Å². The van der Waals surface area contributed by atoms with Gasteiger partial charge in [0.05, 0.1) is 0 Å². The average Bonchev–Trinajstić information content (AvgIpc) is 2.27. The van der Waals surface area contributed by atoms with Crippen LogP contribution in [-0.2, 0) is 11.2 Å². The molecule has 0 spiro atoms. The molecule has 0 aliphatic carbocycles. The van der Waals surface area contributed by atoms with Crippen molar-refractivity contribution in [2.45, 2.75) is 19.8 Å².